The standard InChI is InChI=1S/C21H32N2O2/c1-16(2)15-19(24)22-11-6-12-23(14-13-22)20(25)17-7-9-18(10-8-17)21(3,4)5/h7-10,16H,6,11-15H2,1-5H3. The number of hydrogen-bond donors (Lipinski definition) is 0. The smallest absolute Gasteiger partial charge is 0.253 e. The van der Waals surface area contributed by atoms with Crippen LogP contribution in [0, 0.1) is 5.92 Å². The van der Waals surface area contributed by atoms with Crippen LogP contribution in [0.2, 0.25) is 0 Å². The molecule has 0 unspecified atom stereocenters. The number of rotatable bonds is 3. The van der Waals surface area contributed by atoms with E-state index in [9.17, 15) is 9.59 Å². The first-order chi connectivity index (χ1) is 11.7. The predicted octanol–water partition coefficient (Wildman–Crippen LogP) is 3.70. The van der Waals surface area contributed by atoms with E-state index in [2.05, 4.69) is 34.6 Å². The fraction of sp³-hybridized carbons (Fsp3) is 0.619. The molecule has 4 nitrogen and oxygen atoms in total. The van der Waals surface area contributed by atoms with E-state index in [1.807, 2.05) is 34.1 Å². The van der Waals surface area contributed by atoms with Gasteiger partial charge >= 0.3 is 0 Å². The van der Waals surface area contributed by atoms with E-state index in [4.69, 9.17) is 0 Å². The van der Waals surface area contributed by atoms with Crippen LogP contribution in [-0.4, -0.2) is 47.8 Å². The number of amides is 2. The maximum absolute atomic E-state index is 12.8. The Hall–Kier alpha value is -1.84. The van der Waals surface area contributed by atoms with Crippen molar-refractivity contribution in [3.8, 4) is 0 Å². The molecule has 0 radical (unpaired) electrons. The fourth-order valence-electron chi connectivity index (χ4n) is 3.14. The summed E-state index contributed by atoms with van der Waals surface area (Å²) >= 11 is 0. The summed E-state index contributed by atoms with van der Waals surface area (Å²) in [5.41, 5.74) is 2.04. The second-order valence-corrected chi connectivity index (χ2v) is 8.45. The molecule has 0 N–H and O–H groups in total. The number of carbonyl (C=O) groups excluding carboxylic acids is 2. The van der Waals surface area contributed by atoms with Crippen molar-refractivity contribution in [3.05, 3.63) is 35.4 Å². The minimum atomic E-state index is 0.0682. The van der Waals surface area contributed by atoms with Crippen LogP contribution in [0.15, 0.2) is 24.3 Å². The topological polar surface area (TPSA) is 40.6 Å². The maximum Gasteiger partial charge on any atom is 0.253 e. The lowest BCUT2D eigenvalue weighted by Crippen LogP contribution is -2.37. The van der Waals surface area contributed by atoms with Crippen molar-refractivity contribution >= 4 is 11.8 Å². The first kappa shape index (κ1) is 19.5. The van der Waals surface area contributed by atoms with E-state index < -0.39 is 0 Å². The molecule has 138 valence electrons. The Morgan fingerprint density at radius 3 is 2.08 bits per heavy atom. The lowest BCUT2D eigenvalue weighted by molar-refractivity contribution is -0.131. The third-order valence-corrected chi connectivity index (χ3v) is 4.72. The summed E-state index contributed by atoms with van der Waals surface area (Å²) in [5.74, 6) is 0.646. The highest BCUT2D eigenvalue weighted by Crippen LogP contribution is 2.22. The largest absolute Gasteiger partial charge is 0.341 e. The normalized spacial score (nSPS) is 16.1. The van der Waals surface area contributed by atoms with Crippen LogP contribution < -0.4 is 0 Å². The SMILES string of the molecule is CC(C)CC(=O)N1CCCN(C(=O)c2ccc(C(C)(C)C)cc2)CC1. The summed E-state index contributed by atoms with van der Waals surface area (Å²) in [6.07, 6.45) is 1.43. The zero-order chi connectivity index (χ0) is 18.6. The molecule has 0 bridgehead atoms. The first-order valence-corrected chi connectivity index (χ1v) is 9.36. The Labute approximate surface area is 152 Å². The van der Waals surface area contributed by atoms with Crippen molar-refractivity contribution in [1.29, 1.82) is 0 Å². The Kier molecular flexibility index (Phi) is 6.26. The quantitative estimate of drug-likeness (QED) is 0.839. The van der Waals surface area contributed by atoms with Gasteiger partial charge < -0.3 is 9.80 Å². The monoisotopic (exact) mass is 344 g/mol. The van der Waals surface area contributed by atoms with E-state index in [-0.39, 0.29) is 17.2 Å². The van der Waals surface area contributed by atoms with Gasteiger partial charge in [-0.15, -0.1) is 0 Å². The molecule has 0 aliphatic carbocycles. The fourth-order valence-corrected chi connectivity index (χ4v) is 3.14. The summed E-state index contributed by atoms with van der Waals surface area (Å²) in [7, 11) is 0. The van der Waals surface area contributed by atoms with Gasteiger partial charge in [0.2, 0.25) is 5.91 Å². The van der Waals surface area contributed by atoms with Crippen LogP contribution in [-0.2, 0) is 10.2 Å². The van der Waals surface area contributed by atoms with Gasteiger partial charge in [-0.25, -0.2) is 0 Å². The number of benzene rings is 1. The minimum Gasteiger partial charge on any atom is -0.341 e. The molecule has 1 heterocycles. The number of carbonyl (C=O) groups is 2. The molecule has 1 saturated heterocycles. The van der Waals surface area contributed by atoms with E-state index in [0.29, 0.717) is 32.0 Å². The molecule has 4 heteroatoms. The van der Waals surface area contributed by atoms with Gasteiger partial charge in [0, 0.05) is 38.2 Å². The highest BCUT2D eigenvalue weighted by atomic mass is 16.2. The Balaban J connectivity index is 2.00. The van der Waals surface area contributed by atoms with Crippen molar-refractivity contribution in [2.45, 2.75) is 52.9 Å². The van der Waals surface area contributed by atoms with Crippen LogP contribution >= 0.6 is 0 Å². The summed E-state index contributed by atoms with van der Waals surface area (Å²) < 4.78 is 0. The van der Waals surface area contributed by atoms with Crippen LogP contribution in [0.25, 0.3) is 0 Å². The van der Waals surface area contributed by atoms with Crippen molar-refractivity contribution in [3.63, 3.8) is 0 Å². The summed E-state index contributed by atoms with van der Waals surface area (Å²) in [5, 5.41) is 0. The molecule has 1 aliphatic rings. The van der Waals surface area contributed by atoms with Gasteiger partial charge in [-0.1, -0.05) is 46.8 Å². The summed E-state index contributed by atoms with van der Waals surface area (Å²) in [6.45, 7) is 13.3. The summed E-state index contributed by atoms with van der Waals surface area (Å²) in [4.78, 5) is 28.8. The molecule has 2 amide bonds. The molecule has 0 aromatic heterocycles. The highest BCUT2D eigenvalue weighted by Gasteiger charge is 2.23. The molecule has 25 heavy (non-hydrogen) atoms. The molecule has 1 fully saturated rings. The Bertz CT molecular complexity index is 599. The number of hydrogen-bond acceptors (Lipinski definition) is 2. The lowest BCUT2D eigenvalue weighted by atomic mass is 9.86. The first-order valence-electron chi connectivity index (χ1n) is 9.36. The number of nitrogens with zero attached hydrogens (tertiary/aromatic N) is 2. The van der Waals surface area contributed by atoms with Crippen LogP contribution in [0.1, 0.15) is 63.4 Å². The van der Waals surface area contributed by atoms with E-state index in [1.165, 1.54) is 5.56 Å². The molecule has 0 spiro atoms. The second-order valence-electron chi connectivity index (χ2n) is 8.45. The zero-order valence-corrected chi connectivity index (χ0v) is 16.3. The van der Waals surface area contributed by atoms with E-state index >= 15 is 0 Å². The molecule has 0 atom stereocenters. The van der Waals surface area contributed by atoms with Crippen molar-refractivity contribution in [2.24, 2.45) is 5.92 Å². The van der Waals surface area contributed by atoms with Crippen molar-refractivity contribution < 1.29 is 9.59 Å². The molecule has 1 aromatic carbocycles. The summed E-state index contributed by atoms with van der Waals surface area (Å²) in [6, 6.07) is 7.94. The highest BCUT2D eigenvalue weighted by molar-refractivity contribution is 5.94. The van der Waals surface area contributed by atoms with Gasteiger partial charge in [-0.3, -0.25) is 9.59 Å². The third kappa shape index (κ3) is 5.32. The minimum absolute atomic E-state index is 0.0682. The second kappa shape index (κ2) is 8.03. The van der Waals surface area contributed by atoms with Gasteiger partial charge in [0.15, 0.2) is 0 Å². The van der Waals surface area contributed by atoms with Crippen LogP contribution in [0.4, 0.5) is 0 Å². The van der Waals surface area contributed by atoms with Crippen molar-refractivity contribution in [1.82, 2.24) is 9.80 Å². The third-order valence-electron chi connectivity index (χ3n) is 4.72. The van der Waals surface area contributed by atoms with Gasteiger partial charge in [-0.05, 0) is 35.4 Å². The molecule has 1 aliphatic heterocycles. The Morgan fingerprint density at radius 2 is 1.52 bits per heavy atom. The lowest BCUT2D eigenvalue weighted by Gasteiger charge is -2.23. The van der Waals surface area contributed by atoms with Crippen molar-refractivity contribution in [2.75, 3.05) is 26.2 Å². The van der Waals surface area contributed by atoms with Crippen LogP contribution in [0.5, 0.6) is 0 Å². The zero-order valence-electron chi connectivity index (χ0n) is 16.3. The van der Waals surface area contributed by atoms with E-state index in [1.54, 1.807) is 0 Å². The molecule has 1 aromatic rings. The Morgan fingerprint density at radius 1 is 0.960 bits per heavy atom. The van der Waals surface area contributed by atoms with Gasteiger partial charge in [0.25, 0.3) is 5.91 Å². The van der Waals surface area contributed by atoms with Gasteiger partial charge in [-0.2, -0.15) is 0 Å². The molecular formula is C21H32N2O2. The van der Waals surface area contributed by atoms with Gasteiger partial charge in [0.1, 0.15) is 0 Å². The molecule has 2 rings (SSSR count). The predicted molar refractivity (Wildman–Crippen MR) is 102 cm³/mol. The maximum atomic E-state index is 12.8. The average molecular weight is 344 g/mol. The van der Waals surface area contributed by atoms with Gasteiger partial charge in [0.05, 0.1) is 0 Å². The molecular weight excluding hydrogens is 312 g/mol. The van der Waals surface area contributed by atoms with Crippen LogP contribution in [0.3, 0.4) is 0 Å². The molecule has 0 saturated carbocycles. The van der Waals surface area contributed by atoms with E-state index in [0.717, 1.165) is 18.5 Å². The average Bonchev–Trinajstić information content (AvgIpc) is 2.79.